The average molecular weight is 285 g/mol. The first kappa shape index (κ1) is 16.8. The van der Waals surface area contributed by atoms with E-state index in [9.17, 15) is 0 Å². The lowest BCUT2D eigenvalue weighted by Gasteiger charge is -2.07. The second-order valence-electron chi connectivity index (χ2n) is 3.95. The largest absolute Gasteiger partial charge is 0.382 e. The minimum Gasteiger partial charge on any atom is -0.382 e. The van der Waals surface area contributed by atoms with Crippen LogP contribution < -0.4 is 11.3 Å². The second kappa shape index (κ2) is 11.6. The van der Waals surface area contributed by atoms with Crippen molar-refractivity contribution in [1.29, 1.82) is 0 Å². The number of ether oxygens (including phenoxy) is 4. The SMILES string of the molecule is COCCOCCOCCOCc1cc(NN)ccn1. The van der Waals surface area contributed by atoms with Crippen LogP contribution in [0.15, 0.2) is 18.3 Å². The van der Waals surface area contributed by atoms with Gasteiger partial charge in [0.15, 0.2) is 0 Å². The van der Waals surface area contributed by atoms with Gasteiger partial charge in [-0.2, -0.15) is 0 Å². The number of hydrogen-bond acceptors (Lipinski definition) is 7. The van der Waals surface area contributed by atoms with Crippen molar-refractivity contribution >= 4 is 5.69 Å². The molecule has 0 spiro atoms. The normalized spacial score (nSPS) is 10.7. The van der Waals surface area contributed by atoms with Gasteiger partial charge in [-0.3, -0.25) is 10.8 Å². The molecule has 114 valence electrons. The number of nitrogens with zero attached hydrogens (tertiary/aromatic N) is 1. The predicted molar refractivity (Wildman–Crippen MR) is 75.2 cm³/mol. The molecular formula is C13H23N3O4. The number of hydrogen-bond donors (Lipinski definition) is 2. The van der Waals surface area contributed by atoms with E-state index in [1.165, 1.54) is 0 Å². The van der Waals surface area contributed by atoms with E-state index in [1.807, 2.05) is 6.07 Å². The van der Waals surface area contributed by atoms with Crippen molar-refractivity contribution in [3.63, 3.8) is 0 Å². The second-order valence-corrected chi connectivity index (χ2v) is 3.95. The van der Waals surface area contributed by atoms with E-state index >= 15 is 0 Å². The summed E-state index contributed by atoms with van der Waals surface area (Å²) < 4.78 is 20.9. The standard InChI is InChI=1S/C13H23N3O4/c1-17-4-5-18-6-7-19-8-9-20-11-13-10-12(16-14)2-3-15-13/h2-3,10H,4-9,11,14H2,1H3,(H,15,16). The third-order valence-corrected chi connectivity index (χ3v) is 2.41. The summed E-state index contributed by atoms with van der Waals surface area (Å²) in [6.07, 6.45) is 1.68. The molecule has 0 amide bonds. The Labute approximate surface area is 119 Å². The highest BCUT2D eigenvalue weighted by Gasteiger charge is 1.97. The number of anilines is 1. The molecule has 0 radical (unpaired) electrons. The van der Waals surface area contributed by atoms with Crippen molar-refractivity contribution in [2.75, 3.05) is 52.2 Å². The molecule has 0 aliphatic heterocycles. The van der Waals surface area contributed by atoms with Crippen molar-refractivity contribution < 1.29 is 18.9 Å². The zero-order valence-electron chi connectivity index (χ0n) is 11.8. The van der Waals surface area contributed by atoms with Gasteiger partial charge < -0.3 is 24.4 Å². The zero-order valence-corrected chi connectivity index (χ0v) is 11.8. The lowest BCUT2D eigenvalue weighted by Crippen LogP contribution is -2.11. The maximum Gasteiger partial charge on any atom is 0.0889 e. The number of nitrogens with one attached hydrogen (secondary N) is 1. The molecule has 7 heteroatoms. The van der Waals surface area contributed by atoms with Gasteiger partial charge in [-0.1, -0.05) is 0 Å². The summed E-state index contributed by atoms with van der Waals surface area (Å²) in [5.41, 5.74) is 4.19. The van der Waals surface area contributed by atoms with E-state index < -0.39 is 0 Å². The number of rotatable bonds is 12. The van der Waals surface area contributed by atoms with Crippen LogP contribution in [-0.2, 0) is 25.6 Å². The van der Waals surface area contributed by atoms with E-state index in [-0.39, 0.29) is 0 Å². The van der Waals surface area contributed by atoms with Crippen LogP contribution in [0.5, 0.6) is 0 Å². The van der Waals surface area contributed by atoms with Gasteiger partial charge in [-0.05, 0) is 12.1 Å². The Bertz CT molecular complexity index is 352. The van der Waals surface area contributed by atoms with Crippen LogP contribution in [0.2, 0.25) is 0 Å². The van der Waals surface area contributed by atoms with E-state index in [1.54, 1.807) is 19.4 Å². The maximum absolute atomic E-state index is 5.45. The smallest absolute Gasteiger partial charge is 0.0889 e. The summed E-state index contributed by atoms with van der Waals surface area (Å²) >= 11 is 0. The molecule has 3 N–H and O–H groups in total. The molecule has 1 heterocycles. The number of pyridine rings is 1. The molecule has 0 unspecified atom stereocenters. The number of nitrogen functional groups attached to an aromatic ring is 1. The van der Waals surface area contributed by atoms with Gasteiger partial charge in [0.2, 0.25) is 0 Å². The van der Waals surface area contributed by atoms with Crippen molar-refractivity contribution in [3.8, 4) is 0 Å². The molecule has 7 nitrogen and oxygen atoms in total. The number of methoxy groups -OCH3 is 1. The van der Waals surface area contributed by atoms with Crippen LogP contribution in [0, 0.1) is 0 Å². The molecule has 20 heavy (non-hydrogen) atoms. The molecule has 1 aromatic heterocycles. The first-order chi connectivity index (χ1) is 9.86. The van der Waals surface area contributed by atoms with Crippen molar-refractivity contribution in [1.82, 2.24) is 4.98 Å². The molecule has 0 fully saturated rings. The Morgan fingerprint density at radius 3 is 2.35 bits per heavy atom. The molecule has 0 saturated carbocycles. The van der Waals surface area contributed by atoms with Gasteiger partial charge in [0.1, 0.15) is 0 Å². The average Bonchev–Trinajstić information content (AvgIpc) is 2.49. The molecule has 0 aliphatic rings. The van der Waals surface area contributed by atoms with E-state index in [4.69, 9.17) is 24.8 Å². The van der Waals surface area contributed by atoms with Gasteiger partial charge in [0.05, 0.1) is 57.6 Å². The van der Waals surface area contributed by atoms with Gasteiger partial charge >= 0.3 is 0 Å². The number of hydrazine groups is 1. The number of nitrogens with two attached hydrogens (primary N) is 1. The Hall–Kier alpha value is -1.25. The minimum atomic E-state index is 0.434. The summed E-state index contributed by atoms with van der Waals surface area (Å²) in [5, 5.41) is 0. The molecule has 1 rings (SSSR count). The lowest BCUT2D eigenvalue weighted by atomic mass is 10.3. The number of aromatic nitrogens is 1. The summed E-state index contributed by atoms with van der Waals surface area (Å²) in [6.45, 7) is 3.79. The lowest BCUT2D eigenvalue weighted by molar-refractivity contribution is 0.000474. The molecule has 0 aliphatic carbocycles. The molecular weight excluding hydrogens is 262 g/mol. The van der Waals surface area contributed by atoms with E-state index in [2.05, 4.69) is 10.4 Å². The van der Waals surface area contributed by atoms with Crippen LogP contribution in [0.1, 0.15) is 5.69 Å². The Morgan fingerprint density at radius 2 is 1.70 bits per heavy atom. The highest BCUT2D eigenvalue weighted by molar-refractivity contribution is 5.41. The van der Waals surface area contributed by atoms with Gasteiger partial charge in [0, 0.05) is 13.3 Å². The topological polar surface area (TPSA) is 87.9 Å². The highest BCUT2D eigenvalue weighted by Crippen LogP contribution is 2.06. The summed E-state index contributed by atoms with van der Waals surface area (Å²) in [6, 6.07) is 3.63. The fourth-order valence-electron chi connectivity index (χ4n) is 1.41. The van der Waals surface area contributed by atoms with Crippen LogP contribution in [0.3, 0.4) is 0 Å². The Balaban J connectivity index is 1.94. The molecule has 0 bridgehead atoms. The molecule has 0 saturated heterocycles. The highest BCUT2D eigenvalue weighted by atomic mass is 16.6. The van der Waals surface area contributed by atoms with Crippen LogP contribution in [-0.4, -0.2) is 51.7 Å². The van der Waals surface area contributed by atoms with E-state index in [0.29, 0.717) is 46.2 Å². The first-order valence-electron chi connectivity index (χ1n) is 6.50. The Kier molecular flexibility index (Phi) is 9.72. The third-order valence-electron chi connectivity index (χ3n) is 2.41. The monoisotopic (exact) mass is 285 g/mol. The van der Waals surface area contributed by atoms with Crippen LogP contribution in [0.25, 0.3) is 0 Å². The fraction of sp³-hybridized carbons (Fsp3) is 0.615. The summed E-state index contributed by atoms with van der Waals surface area (Å²) in [7, 11) is 1.64. The predicted octanol–water partition coefficient (Wildman–Crippen LogP) is 0.563. The van der Waals surface area contributed by atoms with E-state index in [0.717, 1.165) is 11.4 Å². The summed E-state index contributed by atoms with van der Waals surface area (Å²) in [5.74, 6) is 5.31. The molecule has 1 aromatic rings. The third kappa shape index (κ3) is 8.03. The van der Waals surface area contributed by atoms with Gasteiger partial charge in [0.25, 0.3) is 0 Å². The van der Waals surface area contributed by atoms with Gasteiger partial charge in [-0.15, -0.1) is 0 Å². The molecule has 0 aromatic carbocycles. The Morgan fingerprint density at radius 1 is 1.05 bits per heavy atom. The molecule has 0 atom stereocenters. The van der Waals surface area contributed by atoms with Gasteiger partial charge in [-0.25, -0.2) is 0 Å². The zero-order chi connectivity index (χ0) is 14.5. The summed E-state index contributed by atoms with van der Waals surface area (Å²) in [4.78, 5) is 4.17. The van der Waals surface area contributed by atoms with Crippen molar-refractivity contribution in [3.05, 3.63) is 24.0 Å². The maximum atomic E-state index is 5.45. The first-order valence-corrected chi connectivity index (χ1v) is 6.50. The quantitative estimate of drug-likeness (QED) is 0.329. The van der Waals surface area contributed by atoms with Crippen molar-refractivity contribution in [2.45, 2.75) is 6.61 Å². The van der Waals surface area contributed by atoms with Crippen molar-refractivity contribution in [2.24, 2.45) is 5.84 Å². The van der Waals surface area contributed by atoms with Crippen LogP contribution in [0.4, 0.5) is 5.69 Å². The fourth-order valence-corrected chi connectivity index (χ4v) is 1.41. The minimum absolute atomic E-state index is 0.434. The van der Waals surface area contributed by atoms with Crippen LogP contribution >= 0.6 is 0 Å².